The van der Waals surface area contributed by atoms with E-state index in [0.717, 1.165) is 33.4 Å². The predicted octanol–water partition coefficient (Wildman–Crippen LogP) is 5.57. The summed E-state index contributed by atoms with van der Waals surface area (Å²) in [4.78, 5) is 0. The van der Waals surface area contributed by atoms with Gasteiger partial charge in [0, 0.05) is 5.56 Å². The second-order valence-corrected chi connectivity index (χ2v) is 6.29. The predicted molar refractivity (Wildman–Crippen MR) is 98.9 cm³/mol. The zero-order valence-electron chi connectivity index (χ0n) is 13.1. The molecule has 0 radical (unpaired) electrons. The monoisotopic (exact) mass is 308 g/mol. The molecule has 24 heavy (non-hydrogen) atoms. The minimum atomic E-state index is -0.573. The SMILES string of the molecule is OC1c2ccccc2-c2cc3ccccc3c(-c3ccccc3)c21. The van der Waals surface area contributed by atoms with E-state index in [1.807, 2.05) is 24.3 Å². The third-order valence-electron chi connectivity index (χ3n) is 4.97. The first-order chi connectivity index (χ1) is 11.8. The van der Waals surface area contributed by atoms with Gasteiger partial charge in [0.05, 0.1) is 0 Å². The van der Waals surface area contributed by atoms with Crippen molar-refractivity contribution >= 4 is 10.8 Å². The summed E-state index contributed by atoms with van der Waals surface area (Å²) in [5.41, 5.74) is 6.62. The van der Waals surface area contributed by atoms with Crippen molar-refractivity contribution in [1.29, 1.82) is 0 Å². The maximum Gasteiger partial charge on any atom is 0.106 e. The zero-order chi connectivity index (χ0) is 16.1. The molecule has 0 bridgehead atoms. The van der Waals surface area contributed by atoms with Crippen LogP contribution in [0.2, 0.25) is 0 Å². The third-order valence-corrected chi connectivity index (χ3v) is 4.97. The lowest BCUT2D eigenvalue weighted by Crippen LogP contribution is -1.98. The van der Waals surface area contributed by atoms with Gasteiger partial charge in [-0.1, -0.05) is 78.9 Å². The van der Waals surface area contributed by atoms with Gasteiger partial charge >= 0.3 is 0 Å². The van der Waals surface area contributed by atoms with Crippen LogP contribution in [0.3, 0.4) is 0 Å². The van der Waals surface area contributed by atoms with E-state index in [0.29, 0.717) is 0 Å². The fraction of sp³-hybridized carbons (Fsp3) is 0.0435. The molecule has 0 amide bonds. The van der Waals surface area contributed by atoms with Crippen molar-refractivity contribution in [1.82, 2.24) is 0 Å². The van der Waals surface area contributed by atoms with Crippen LogP contribution in [0.25, 0.3) is 33.0 Å². The van der Waals surface area contributed by atoms with Gasteiger partial charge < -0.3 is 5.11 Å². The molecule has 1 nitrogen and oxygen atoms in total. The van der Waals surface area contributed by atoms with Crippen LogP contribution in [0.4, 0.5) is 0 Å². The molecule has 0 saturated heterocycles. The molecule has 4 aromatic carbocycles. The lowest BCUT2D eigenvalue weighted by molar-refractivity contribution is 0.226. The Morgan fingerprint density at radius 2 is 1.38 bits per heavy atom. The number of fused-ring (bicyclic) bond motifs is 4. The lowest BCUT2D eigenvalue weighted by Gasteiger charge is -2.16. The summed E-state index contributed by atoms with van der Waals surface area (Å²) in [6, 6.07) is 29.2. The second-order valence-electron chi connectivity index (χ2n) is 6.29. The van der Waals surface area contributed by atoms with Crippen LogP contribution in [-0.4, -0.2) is 5.11 Å². The quantitative estimate of drug-likeness (QED) is 0.487. The average Bonchev–Trinajstić information content (AvgIpc) is 2.93. The molecule has 1 unspecified atom stereocenters. The number of benzene rings is 4. The smallest absolute Gasteiger partial charge is 0.106 e. The number of hydrogen-bond donors (Lipinski definition) is 1. The van der Waals surface area contributed by atoms with Crippen LogP contribution >= 0.6 is 0 Å². The molecule has 0 spiro atoms. The lowest BCUT2D eigenvalue weighted by atomic mass is 9.89. The highest BCUT2D eigenvalue weighted by Crippen LogP contribution is 2.50. The molecule has 0 fully saturated rings. The maximum atomic E-state index is 11.0. The van der Waals surface area contributed by atoms with Crippen molar-refractivity contribution in [2.75, 3.05) is 0 Å². The average molecular weight is 308 g/mol. The molecule has 0 aliphatic heterocycles. The van der Waals surface area contributed by atoms with E-state index in [4.69, 9.17) is 0 Å². The molecular formula is C23H16O. The Morgan fingerprint density at radius 1 is 0.667 bits per heavy atom. The van der Waals surface area contributed by atoms with Gasteiger partial charge in [0.25, 0.3) is 0 Å². The number of aliphatic hydroxyl groups excluding tert-OH is 1. The zero-order valence-corrected chi connectivity index (χ0v) is 13.1. The minimum absolute atomic E-state index is 0.573. The Kier molecular flexibility index (Phi) is 2.85. The summed E-state index contributed by atoms with van der Waals surface area (Å²) in [7, 11) is 0. The molecular weight excluding hydrogens is 292 g/mol. The third kappa shape index (κ3) is 1.79. The standard InChI is InChI=1S/C23H16O/c24-23-19-13-7-6-12-18(19)20-14-16-10-4-5-11-17(16)21(22(20)23)15-8-2-1-3-9-15/h1-14,23-24H. The normalized spacial score (nSPS) is 15.3. The highest BCUT2D eigenvalue weighted by Gasteiger charge is 2.30. The molecule has 114 valence electrons. The molecule has 1 atom stereocenters. The van der Waals surface area contributed by atoms with Gasteiger partial charge in [-0.3, -0.25) is 0 Å². The molecule has 1 heteroatoms. The summed E-state index contributed by atoms with van der Waals surface area (Å²) in [5.74, 6) is 0. The van der Waals surface area contributed by atoms with Gasteiger partial charge in [0.1, 0.15) is 6.10 Å². The molecule has 0 saturated carbocycles. The van der Waals surface area contributed by atoms with Crippen molar-refractivity contribution in [3.05, 3.63) is 96.1 Å². The molecule has 4 aromatic rings. The van der Waals surface area contributed by atoms with Crippen LogP contribution in [0.5, 0.6) is 0 Å². The molecule has 0 aromatic heterocycles. The first kappa shape index (κ1) is 13.5. The van der Waals surface area contributed by atoms with Crippen molar-refractivity contribution in [3.8, 4) is 22.3 Å². The maximum absolute atomic E-state index is 11.0. The summed E-state index contributed by atoms with van der Waals surface area (Å²) in [6.45, 7) is 0. The summed E-state index contributed by atoms with van der Waals surface area (Å²) < 4.78 is 0. The summed E-state index contributed by atoms with van der Waals surface area (Å²) in [6.07, 6.45) is -0.573. The van der Waals surface area contributed by atoms with Crippen molar-refractivity contribution in [3.63, 3.8) is 0 Å². The number of aliphatic hydroxyl groups is 1. The van der Waals surface area contributed by atoms with Crippen LogP contribution in [0.15, 0.2) is 84.9 Å². The van der Waals surface area contributed by atoms with E-state index in [1.54, 1.807) is 0 Å². The number of rotatable bonds is 1. The Hall–Kier alpha value is -2.90. The molecule has 1 N–H and O–H groups in total. The van der Waals surface area contributed by atoms with Gasteiger partial charge in [-0.2, -0.15) is 0 Å². The molecule has 1 aliphatic rings. The van der Waals surface area contributed by atoms with Crippen LogP contribution in [0.1, 0.15) is 17.2 Å². The molecule has 1 aliphatic carbocycles. The van der Waals surface area contributed by atoms with E-state index in [-0.39, 0.29) is 0 Å². The van der Waals surface area contributed by atoms with Crippen LogP contribution in [-0.2, 0) is 0 Å². The minimum Gasteiger partial charge on any atom is -0.384 e. The van der Waals surface area contributed by atoms with Gasteiger partial charge in [-0.15, -0.1) is 0 Å². The van der Waals surface area contributed by atoms with Gasteiger partial charge in [0.2, 0.25) is 0 Å². The Morgan fingerprint density at radius 3 is 2.25 bits per heavy atom. The summed E-state index contributed by atoms with van der Waals surface area (Å²) >= 11 is 0. The second kappa shape index (κ2) is 5.05. The first-order valence-electron chi connectivity index (χ1n) is 8.23. The van der Waals surface area contributed by atoms with E-state index in [2.05, 4.69) is 60.7 Å². The Balaban J connectivity index is 1.96. The van der Waals surface area contributed by atoms with E-state index >= 15 is 0 Å². The molecule has 5 rings (SSSR count). The topological polar surface area (TPSA) is 20.2 Å². The van der Waals surface area contributed by atoms with Gasteiger partial charge in [0.15, 0.2) is 0 Å². The highest BCUT2D eigenvalue weighted by molar-refractivity contribution is 6.04. The first-order valence-corrected chi connectivity index (χ1v) is 8.23. The van der Waals surface area contributed by atoms with E-state index in [9.17, 15) is 5.11 Å². The van der Waals surface area contributed by atoms with E-state index in [1.165, 1.54) is 10.8 Å². The van der Waals surface area contributed by atoms with Crippen molar-refractivity contribution in [2.45, 2.75) is 6.10 Å². The Labute approximate surface area is 140 Å². The van der Waals surface area contributed by atoms with Gasteiger partial charge in [-0.25, -0.2) is 0 Å². The Bertz CT molecular complexity index is 1060. The van der Waals surface area contributed by atoms with Crippen LogP contribution < -0.4 is 0 Å². The van der Waals surface area contributed by atoms with Gasteiger partial charge in [-0.05, 0) is 44.7 Å². The largest absolute Gasteiger partial charge is 0.384 e. The number of hydrogen-bond acceptors (Lipinski definition) is 1. The molecule has 0 heterocycles. The summed E-state index contributed by atoms with van der Waals surface area (Å²) in [5, 5.41) is 13.4. The fourth-order valence-corrected chi connectivity index (χ4v) is 3.92. The fourth-order valence-electron chi connectivity index (χ4n) is 3.92. The van der Waals surface area contributed by atoms with Crippen molar-refractivity contribution < 1.29 is 5.11 Å². The van der Waals surface area contributed by atoms with Crippen LogP contribution in [0, 0.1) is 0 Å². The highest BCUT2D eigenvalue weighted by atomic mass is 16.3. The van der Waals surface area contributed by atoms with Crippen molar-refractivity contribution in [2.24, 2.45) is 0 Å². The van der Waals surface area contributed by atoms with E-state index < -0.39 is 6.10 Å².